The van der Waals surface area contributed by atoms with Crippen molar-refractivity contribution in [3.8, 4) is 29.3 Å². The molecule has 0 radical (unpaired) electrons. The third-order valence-corrected chi connectivity index (χ3v) is 4.14. The van der Waals surface area contributed by atoms with Crippen molar-refractivity contribution in [1.29, 1.82) is 0 Å². The van der Waals surface area contributed by atoms with E-state index in [0.29, 0.717) is 11.5 Å². The summed E-state index contributed by atoms with van der Waals surface area (Å²) in [6.07, 6.45) is 6.83. The molecule has 2 aromatic heterocycles. The maximum absolute atomic E-state index is 11.6. The molecule has 0 bridgehead atoms. The maximum Gasteiger partial charge on any atom is 0.255 e. The molecule has 0 spiro atoms. The fraction of sp³-hybridized carbons (Fsp3) is 0.211. The molecule has 2 aliphatic rings. The molecule has 0 unspecified atom stereocenters. The first-order chi connectivity index (χ1) is 11.4. The van der Waals surface area contributed by atoms with Crippen LogP contribution in [0.15, 0.2) is 35.4 Å². The highest BCUT2D eigenvalue weighted by Crippen LogP contribution is 2.35. The fourth-order valence-electron chi connectivity index (χ4n) is 2.67. The average Bonchev–Trinajstić information content (AvgIpc) is 2.82. The van der Waals surface area contributed by atoms with E-state index in [1.54, 1.807) is 11.6 Å². The third kappa shape index (κ3) is 2.52. The van der Waals surface area contributed by atoms with Gasteiger partial charge in [0, 0.05) is 13.1 Å². The Morgan fingerprint density at radius 3 is 2.29 bits per heavy atom. The largest absolute Gasteiger partial charge is 0.302 e. The second kappa shape index (κ2) is 5.82. The topological polar surface area (TPSA) is 52.7 Å². The minimum atomic E-state index is -0.121. The molecular weight excluding hydrogens is 300 g/mol. The highest BCUT2D eigenvalue weighted by atomic mass is 16.1. The van der Waals surface area contributed by atoms with Gasteiger partial charge in [-0.05, 0) is 43.4 Å². The van der Waals surface area contributed by atoms with Crippen molar-refractivity contribution in [2.45, 2.75) is 20.8 Å². The van der Waals surface area contributed by atoms with Crippen molar-refractivity contribution in [2.24, 2.45) is 7.05 Å². The zero-order valence-corrected chi connectivity index (χ0v) is 14.2. The van der Waals surface area contributed by atoms with Crippen LogP contribution in [0, 0.1) is 33.1 Å². The average molecular weight is 318 g/mol. The lowest BCUT2D eigenvalue weighted by Crippen LogP contribution is -2.18. The predicted octanol–water partition coefficient (Wildman–Crippen LogP) is 2.54. The number of aryl methyl sites for hydroxylation is 3. The van der Waals surface area contributed by atoms with Crippen LogP contribution in [0.2, 0.25) is 0 Å². The van der Waals surface area contributed by atoms with Gasteiger partial charge in [0.1, 0.15) is 17.3 Å². The highest BCUT2D eigenvalue weighted by molar-refractivity contribution is 5.80. The first kappa shape index (κ1) is 15.8. The van der Waals surface area contributed by atoms with Crippen LogP contribution in [0.3, 0.4) is 0 Å². The number of aromatic nitrogens is 4. The number of benzene rings is 1. The van der Waals surface area contributed by atoms with Gasteiger partial charge in [-0.15, -0.1) is 6.42 Å². The molecule has 2 heterocycles. The van der Waals surface area contributed by atoms with Gasteiger partial charge in [-0.1, -0.05) is 18.2 Å². The van der Waals surface area contributed by atoms with Crippen LogP contribution in [-0.2, 0) is 7.05 Å². The van der Waals surface area contributed by atoms with Crippen molar-refractivity contribution < 1.29 is 0 Å². The van der Waals surface area contributed by atoms with Crippen molar-refractivity contribution in [3.05, 3.63) is 63.7 Å². The summed E-state index contributed by atoms with van der Waals surface area (Å²) >= 11 is 0. The van der Waals surface area contributed by atoms with Crippen molar-refractivity contribution in [1.82, 2.24) is 19.1 Å². The lowest BCUT2D eigenvalue weighted by molar-refractivity contribution is 0.794. The Morgan fingerprint density at radius 2 is 1.92 bits per heavy atom. The molecule has 0 fully saturated rings. The Kier molecular flexibility index (Phi) is 3.82. The first-order valence-electron chi connectivity index (χ1n) is 7.59. The number of hydrogen-bond acceptors (Lipinski definition) is 3. The zero-order chi connectivity index (χ0) is 17.4. The van der Waals surface area contributed by atoms with Crippen LogP contribution in [0.4, 0.5) is 0 Å². The summed E-state index contributed by atoms with van der Waals surface area (Å²) in [5.41, 5.74) is 5.62. The number of fused-ring (bicyclic) bond motifs is 1. The third-order valence-electron chi connectivity index (χ3n) is 4.14. The summed E-state index contributed by atoms with van der Waals surface area (Å²) in [6, 6.07) is 7.96. The molecule has 24 heavy (non-hydrogen) atoms. The predicted molar refractivity (Wildman–Crippen MR) is 94.2 cm³/mol. The van der Waals surface area contributed by atoms with E-state index in [2.05, 4.69) is 41.0 Å². The van der Waals surface area contributed by atoms with Gasteiger partial charge in [0.25, 0.3) is 5.56 Å². The maximum atomic E-state index is 11.6. The summed E-state index contributed by atoms with van der Waals surface area (Å²) in [7, 11) is 1.65. The summed E-state index contributed by atoms with van der Waals surface area (Å²) < 4.78 is 3.18. The number of nitrogens with zero attached hydrogens (tertiary/aromatic N) is 4. The number of imidazole rings is 1. The van der Waals surface area contributed by atoms with Gasteiger partial charge in [0.05, 0.1) is 12.0 Å². The first-order valence-corrected chi connectivity index (χ1v) is 7.59. The van der Waals surface area contributed by atoms with E-state index >= 15 is 0 Å². The van der Waals surface area contributed by atoms with Crippen molar-refractivity contribution in [2.75, 3.05) is 0 Å². The standard InChI is InChI=1S/C12H12N4O.C7H6/c1-5-10-8(2)16(9(3)14-10)11-6-12(17)15(4)7-13-11;1-5-4-6-2-3-7(5)6/h1,6-7H,2-4H3;2-4H,1H3. The van der Waals surface area contributed by atoms with Crippen LogP contribution >= 0.6 is 0 Å². The summed E-state index contributed by atoms with van der Waals surface area (Å²) in [5, 5.41) is 0. The molecule has 0 atom stereocenters. The second-order valence-electron chi connectivity index (χ2n) is 5.80. The molecule has 0 amide bonds. The Balaban J connectivity index is 0.000000198. The number of hydrogen-bond donors (Lipinski definition) is 0. The summed E-state index contributed by atoms with van der Waals surface area (Å²) in [6.45, 7) is 5.82. The molecule has 2 aliphatic carbocycles. The second-order valence-corrected chi connectivity index (χ2v) is 5.80. The Bertz CT molecular complexity index is 1030. The van der Waals surface area contributed by atoms with E-state index < -0.39 is 0 Å². The van der Waals surface area contributed by atoms with Crippen LogP contribution in [0.25, 0.3) is 16.9 Å². The number of rotatable bonds is 1. The molecule has 0 aliphatic heterocycles. The van der Waals surface area contributed by atoms with Gasteiger partial charge in [-0.2, -0.15) is 0 Å². The van der Waals surface area contributed by atoms with Gasteiger partial charge in [0.15, 0.2) is 0 Å². The minimum absolute atomic E-state index is 0.121. The number of terminal acetylenes is 1. The molecule has 5 nitrogen and oxygen atoms in total. The molecule has 2 aromatic rings. The molecule has 5 heteroatoms. The molecule has 0 saturated heterocycles. The Hall–Kier alpha value is -3.13. The summed E-state index contributed by atoms with van der Waals surface area (Å²) in [5.74, 6) is 3.77. The van der Waals surface area contributed by atoms with Crippen molar-refractivity contribution in [3.63, 3.8) is 0 Å². The van der Waals surface area contributed by atoms with Gasteiger partial charge in [-0.25, -0.2) is 9.97 Å². The van der Waals surface area contributed by atoms with Crippen LogP contribution in [-0.4, -0.2) is 19.1 Å². The SMILES string of the molecule is C#Cc1nc(C)n(-c2cc(=O)n(C)cn2)c1C.Cc1cc2ccc1-2. The van der Waals surface area contributed by atoms with Gasteiger partial charge >= 0.3 is 0 Å². The van der Waals surface area contributed by atoms with Crippen LogP contribution in [0.5, 0.6) is 0 Å². The lowest BCUT2D eigenvalue weighted by atomic mass is 9.88. The molecule has 0 aromatic carbocycles. The van der Waals surface area contributed by atoms with Crippen molar-refractivity contribution >= 4 is 0 Å². The van der Waals surface area contributed by atoms with Gasteiger partial charge in [0.2, 0.25) is 0 Å². The van der Waals surface area contributed by atoms with Crippen LogP contribution < -0.4 is 5.56 Å². The Morgan fingerprint density at radius 1 is 1.17 bits per heavy atom. The van der Waals surface area contributed by atoms with E-state index in [0.717, 1.165) is 11.5 Å². The normalized spacial score (nSPS) is 10.6. The van der Waals surface area contributed by atoms with E-state index in [-0.39, 0.29) is 5.56 Å². The minimum Gasteiger partial charge on any atom is -0.302 e. The van der Waals surface area contributed by atoms with Gasteiger partial charge in [-0.3, -0.25) is 9.36 Å². The van der Waals surface area contributed by atoms with E-state index in [1.807, 2.05) is 13.8 Å². The van der Waals surface area contributed by atoms with E-state index in [1.165, 1.54) is 33.7 Å². The molecule has 120 valence electrons. The molecule has 4 rings (SSSR count). The Labute approximate surface area is 140 Å². The summed E-state index contributed by atoms with van der Waals surface area (Å²) in [4.78, 5) is 20.0. The van der Waals surface area contributed by atoms with E-state index in [9.17, 15) is 4.79 Å². The fourth-order valence-corrected chi connectivity index (χ4v) is 2.67. The monoisotopic (exact) mass is 318 g/mol. The zero-order valence-electron chi connectivity index (χ0n) is 14.2. The van der Waals surface area contributed by atoms with E-state index in [4.69, 9.17) is 6.42 Å². The molecular formula is C19H18N4O. The van der Waals surface area contributed by atoms with Gasteiger partial charge < -0.3 is 4.57 Å². The quantitative estimate of drug-likeness (QED) is 0.507. The lowest BCUT2D eigenvalue weighted by Gasteiger charge is -2.17. The molecule has 0 saturated carbocycles. The molecule has 0 N–H and O–H groups in total. The smallest absolute Gasteiger partial charge is 0.255 e. The van der Waals surface area contributed by atoms with Crippen LogP contribution in [0.1, 0.15) is 22.8 Å². The highest BCUT2D eigenvalue weighted by Gasteiger charge is 2.12.